The minimum Gasteiger partial charge on any atom is -0.443 e. The Morgan fingerprint density at radius 3 is 2.41 bits per heavy atom. The van der Waals surface area contributed by atoms with Crippen LogP contribution in [0.5, 0.6) is 0 Å². The van der Waals surface area contributed by atoms with Gasteiger partial charge in [-0.1, -0.05) is 6.07 Å². The van der Waals surface area contributed by atoms with E-state index in [2.05, 4.69) is 0 Å². The Labute approximate surface area is 102 Å². The third-order valence-corrected chi connectivity index (χ3v) is 2.32. The van der Waals surface area contributed by atoms with Crippen LogP contribution in [0.15, 0.2) is 18.2 Å². The third kappa shape index (κ3) is 3.66. The van der Waals surface area contributed by atoms with Crippen LogP contribution in [-0.4, -0.2) is 18.7 Å². The summed E-state index contributed by atoms with van der Waals surface area (Å²) in [6.45, 7) is 7.43. The maximum Gasteiger partial charge on any atom is 0.414 e. The average Bonchev–Trinajstić information content (AvgIpc) is 2.18. The fourth-order valence-electron chi connectivity index (χ4n) is 1.27. The van der Waals surface area contributed by atoms with Gasteiger partial charge < -0.3 is 10.5 Å². The Balaban J connectivity index is 2.85. The fraction of sp³-hybridized carbons (Fsp3) is 0.462. The number of nitrogen functional groups attached to an aromatic ring is 1. The summed E-state index contributed by atoms with van der Waals surface area (Å²) in [5.41, 5.74) is 7.69. The second kappa shape index (κ2) is 4.65. The van der Waals surface area contributed by atoms with E-state index < -0.39 is 5.60 Å². The lowest BCUT2D eigenvalue weighted by molar-refractivity contribution is 0.0589. The maximum atomic E-state index is 11.8. The monoisotopic (exact) mass is 236 g/mol. The number of carbonyl (C=O) groups is 1. The van der Waals surface area contributed by atoms with Gasteiger partial charge in [0.05, 0.1) is 0 Å². The van der Waals surface area contributed by atoms with Crippen LogP contribution in [0.2, 0.25) is 0 Å². The van der Waals surface area contributed by atoms with Crippen molar-refractivity contribution in [3.05, 3.63) is 23.8 Å². The zero-order chi connectivity index (χ0) is 13.2. The summed E-state index contributed by atoms with van der Waals surface area (Å²) < 4.78 is 5.27. The smallest absolute Gasteiger partial charge is 0.414 e. The van der Waals surface area contributed by atoms with Crippen molar-refractivity contribution < 1.29 is 9.53 Å². The molecule has 94 valence electrons. The van der Waals surface area contributed by atoms with Crippen LogP contribution in [0.3, 0.4) is 0 Å². The van der Waals surface area contributed by atoms with Gasteiger partial charge in [-0.3, -0.25) is 4.90 Å². The van der Waals surface area contributed by atoms with E-state index >= 15 is 0 Å². The molecule has 0 fully saturated rings. The van der Waals surface area contributed by atoms with Crippen LogP contribution in [0.4, 0.5) is 16.2 Å². The van der Waals surface area contributed by atoms with Gasteiger partial charge in [-0.25, -0.2) is 4.79 Å². The molecular formula is C13H20N2O2. The highest BCUT2D eigenvalue weighted by molar-refractivity contribution is 5.88. The minimum atomic E-state index is -0.498. The summed E-state index contributed by atoms with van der Waals surface area (Å²) in [6, 6.07) is 5.49. The number of nitrogens with zero attached hydrogens (tertiary/aromatic N) is 1. The molecule has 1 aromatic carbocycles. The molecule has 0 unspecified atom stereocenters. The Morgan fingerprint density at radius 2 is 1.94 bits per heavy atom. The lowest BCUT2D eigenvalue weighted by Gasteiger charge is -2.25. The van der Waals surface area contributed by atoms with Gasteiger partial charge in [0, 0.05) is 18.4 Å². The van der Waals surface area contributed by atoms with Crippen molar-refractivity contribution in [2.75, 3.05) is 17.7 Å². The van der Waals surface area contributed by atoms with Gasteiger partial charge in [-0.15, -0.1) is 0 Å². The Hall–Kier alpha value is -1.71. The molecule has 0 aromatic heterocycles. The van der Waals surface area contributed by atoms with Crippen molar-refractivity contribution in [3.8, 4) is 0 Å². The second-order valence-corrected chi connectivity index (χ2v) is 5.08. The van der Waals surface area contributed by atoms with Crippen LogP contribution in [0, 0.1) is 6.92 Å². The van der Waals surface area contributed by atoms with Crippen LogP contribution in [-0.2, 0) is 4.74 Å². The second-order valence-electron chi connectivity index (χ2n) is 5.08. The summed E-state index contributed by atoms with van der Waals surface area (Å²) >= 11 is 0. The first-order chi connectivity index (χ1) is 7.70. The highest BCUT2D eigenvalue weighted by atomic mass is 16.6. The molecule has 1 amide bonds. The van der Waals surface area contributed by atoms with E-state index in [1.165, 1.54) is 4.90 Å². The molecule has 1 rings (SSSR count). The molecule has 0 atom stereocenters. The van der Waals surface area contributed by atoms with Gasteiger partial charge in [-0.05, 0) is 45.4 Å². The van der Waals surface area contributed by atoms with Crippen molar-refractivity contribution >= 4 is 17.5 Å². The van der Waals surface area contributed by atoms with Crippen LogP contribution < -0.4 is 10.6 Å². The molecule has 4 nitrogen and oxygen atoms in total. The largest absolute Gasteiger partial charge is 0.443 e. The van der Waals surface area contributed by atoms with Crippen LogP contribution >= 0.6 is 0 Å². The molecular weight excluding hydrogens is 216 g/mol. The number of anilines is 2. The molecule has 0 heterocycles. The predicted octanol–water partition coefficient (Wildman–Crippen LogP) is 2.95. The van der Waals surface area contributed by atoms with Crippen molar-refractivity contribution in [3.63, 3.8) is 0 Å². The first-order valence-electron chi connectivity index (χ1n) is 5.53. The molecule has 1 aromatic rings. The van der Waals surface area contributed by atoms with E-state index in [-0.39, 0.29) is 6.09 Å². The molecule has 0 saturated carbocycles. The van der Waals surface area contributed by atoms with E-state index in [0.717, 1.165) is 11.3 Å². The number of rotatable bonds is 1. The number of aryl methyl sites for hydroxylation is 1. The van der Waals surface area contributed by atoms with Gasteiger partial charge in [-0.2, -0.15) is 0 Å². The Bertz CT molecular complexity index is 422. The van der Waals surface area contributed by atoms with Crippen molar-refractivity contribution in [1.82, 2.24) is 0 Å². The first-order valence-corrected chi connectivity index (χ1v) is 5.53. The number of carbonyl (C=O) groups excluding carboxylic acids is 1. The minimum absolute atomic E-state index is 0.388. The van der Waals surface area contributed by atoms with E-state index in [1.54, 1.807) is 13.1 Å². The predicted molar refractivity (Wildman–Crippen MR) is 70.2 cm³/mol. The Kier molecular flexibility index (Phi) is 3.66. The molecule has 0 bridgehead atoms. The van der Waals surface area contributed by atoms with Gasteiger partial charge in [0.1, 0.15) is 5.60 Å². The normalized spacial score (nSPS) is 11.1. The van der Waals surface area contributed by atoms with E-state index in [4.69, 9.17) is 10.5 Å². The zero-order valence-electron chi connectivity index (χ0n) is 11.1. The summed E-state index contributed by atoms with van der Waals surface area (Å²) in [7, 11) is 1.66. The number of nitrogens with two attached hydrogens (primary N) is 1. The average molecular weight is 236 g/mol. The van der Waals surface area contributed by atoms with E-state index in [1.807, 2.05) is 39.8 Å². The number of benzene rings is 1. The SMILES string of the molecule is Cc1ccc(N(C)C(=O)OC(C)(C)C)cc1N. The quantitative estimate of drug-likeness (QED) is 0.763. The Morgan fingerprint density at radius 1 is 1.35 bits per heavy atom. The highest BCUT2D eigenvalue weighted by Crippen LogP contribution is 2.21. The van der Waals surface area contributed by atoms with Crippen LogP contribution in [0.25, 0.3) is 0 Å². The van der Waals surface area contributed by atoms with E-state index in [9.17, 15) is 4.79 Å². The maximum absolute atomic E-state index is 11.8. The van der Waals surface area contributed by atoms with Crippen molar-refractivity contribution in [1.29, 1.82) is 0 Å². The standard InChI is InChI=1S/C13H20N2O2/c1-9-6-7-10(8-11(9)14)15(5)12(16)17-13(2,3)4/h6-8H,14H2,1-5H3. The molecule has 4 heteroatoms. The number of amides is 1. The molecule has 0 aliphatic rings. The van der Waals surface area contributed by atoms with Gasteiger partial charge in [0.15, 0.2) is 0 Å². The molecule has 2 N–H and O–H groups in total. The third-order valence-electron chi connectivity index (χ3n) is 2.32. The molecule has 0 radical (unpaired) electrons. The van der Waals surface area contributed by atoms with Crippen molar-refractivity contribution in [2.45, 2.75) is 33.3 Å². The molecule has 0 saturated heterocycles. The van der Waals surface area contributed by atoms with Gasteiger partial charge in [0.2, 0.25) is 0 Å². The topological polar surface area (TPSA) is 55.6 Å². The number of hydrogen-bond acceptors (Lipinski definition) is 3. The lowest BCUT2D eigenvalue weighted by atomic mass is 10.2. The summed E-state index contributed by atoms with van der Waals surface area (Å²) in [4.78, 5) is 13.3. The number of ether oxygens (including phenoxy) is 1. The lowest BCUT2D eigenvalue weighted by Crippen LogP contribution is -2.34. The molecule has 0 aliphatic heterocycles. The fourth-order valence-corrected chi connectivity index (χ4v) is 1.27. The summed E-state index contributed by atoms with van der Waals surface area (Å²) in [5.74, 6) is 0. The first kappa shape index (κ1) is 13.4. The van der Waals surface area contributed by atoms with Gasteiger partial charge >= 0.3 is 6.09 Å². The van der Waals surface area contributed by atoms with Crippen molar-refractivity contribution in [2.24, 2.45) is 0 Å². The van der Waals surface area contributed by atoms with E-state index in [0.29, 0.717) is 5.69 Å². The zero-order valence-corrected chi connectivity index (χ0v) is 11.1. The molecule has 0 aliphatic carbocycles. The van der Waals surface area contributed by atoms with Gasteiger partial charge in [0.25, 0.3) is 0 Å². The highest BCUT2D eigenvalue weighted by Gasteiger charge is 2.20. The summed E-state index contributed by atoms with van der Waals surface area (Å²) in [5, 5.41) is 0. The van der Waals surface area contributed by atoms with Crippen LogP contribution in [0.1, 0.15) is 26.3 Å². The number of hydrogen-bond donors (Lipinski definition) is 1. The molecule has 0 spiro atoms. The summed E-state index contributed by atoms with van der Waals surface area (Å²) in [6.07, 6.45) is -0.388. The molecule has 17 heavy (non-hydrogen) atoms.